The van der Waals surface area contributed by atoms with Gasteiger partial charge >= 0.3 is 5.78 Å². The van der Waals surface area contributed by atoms with Crippen molar-refractivity contribution in [3.05, 3.63) is 54.7 Å². The highest BCUT2D eigenvalue weighted by Gasteiger charge is 2.23. The molecule has 2 aromatic carbocycles. The molecular weight excluding hydrogens is 407 g/mol. The molecular formula is C22H28Cl2N4O. The van der Waals surface area contributed by atoms with Crippen molar-refractivity contribution >= 4 is 16.8 Å². The Hall–Kier alpha value is -2.21. The van der Waals surface area contributed by atoms with E-state index in [1.165, 1.54) is 16.8 Å². The summed E-state index contributed by atoms with van der Waals surface area (Å²) in [6, 6.07) is 16.7. The lowest BCUT2D eigenvalue weighted by Crippen LogP contribution is -3.00. The minimum Gasteiger partial charge on any atom is -1.00 e. The van der Waals surface area contributed by atoms with Gasteiger partial charge in [-0.15, -0.1) is 0 Å². The Labute approximate surface area is 183 Å². The summed E-state index contributed by atoms with van der Waals surface area (Å²) >= 11 is 0. The lowest BCUT2D eigenvalue weighted by Gasteiger charge is -2.16. The smallest absolute Gasteiger partial charge is 0.368 e. The van der Waals surface area contributed by atoms with Gasteiger partial charge in [-0.3, -0.25) is 0 Å². The van der Waals surface area contributed by atoms with Crippen molar-refractivity contribution in [3.63, 3.8) is 0 Å². The van der Waals surface area contributed by atoms with E-state index in [-0.39, 0.29) is 30.4 Å². The first-order chi connectivity index (χ1) is 13.0. The topological polar surface area (TPSA) is 50.7 Å². The van der Waals surface area contributed by atoms with Crippen LogP contribution in [-0.4, -0.2) is 28.7 Å². The Bertz CT molecular complexity index is 1080. The van der Waals surface area contributed by atoms with E-state index in [0.717, 1.165) is 30.1 Å². The number of methoxy groups -OCH3 is 1. The fraction of sp³-hybridized carbons (Fsp3) is 0.318. The molecule has 0 amide bonds. The van der Waals surface area contributed by atoms with Gasteiger partial charge in [0, 0.05) is 5.56 Å². The predicted octanol–water partition coefficient (Wildman–Crippen LogP) is -3.25. The molecule has 0 aliphatic heterocycles. The zero-order valence-corrected chi connectivity index (χ0v) is 18.8. The van der Waals surface area contributed by atoms with E-state index in [2.05, 4.69) is 82.6 Å². The van der Waals surface area contributed by atoms with E-state index in [0.29, 0.717) is 0 Å². The number of nitrogens with two attached hydrogens (primary N) is 1. The van der Waals surface area contributed by atoms with Gasteiger partial charge in [0.2, 0.25) is 0 Å². The summed E-state index contributed by atoms with van der Waals surface area (Å²) in [6.45, 7) is 8.70. The number of rotatable bonds is 5. The maximum Gasteiger partial charge on any atom is 0.368 e. The molecule has 29 heavy (non-hydrogen) atoms. The number of halogens is 2. The van der Waals surface area contributed by atoms with Gasteiger partial charge in [-0.2, -0.15) is 4.40 Å². The van der Waals surface area contributed by atoms with E-state index >= 15 is 0 Å². The van der Waals surface area contributed by atoms with Gasteiger partial charge in [0.15, 0.2) is 0 Å². The molecule has 0 atom stereocenters. The Balaban J connectivity index is 0.00000150. The molecule has 0 aliphatic rings. The van der Waals surface area contributed by atoms with Crippen LogP contribution >= 0.6 is 0 Å². The van der Waals surface area contributed by atoms with Crippen LogP contribution in [0.4, 0.5) is 0 Å². The number of para-hydroxylation sites is 2. The molecule has 2 aromatic heterocycles. The number of imidazole rings is 2. The lowest BCUT2D eigenvalue weighted by molar-refractivity contribution is -0.717. The van der Waals surface area contributed by atoms with Crippen LogP contribution in [0.1, 0.15) is 20.8 Å². The van der Waals surface area contributed by atoms with Crippen LogP contribution in [0.3, 0.4) is 0 Å². The van der Waals surface area contributed by atoms with Gasteiger partial charge in [-0.1, -0.05) is 12.1 Å². The number of nitrogens with zero attached hydrogens (tertiary/aromatic N) is 2. The molecule has 0 bridgehead atoms. The molecule has 0 spiro atoms. The van der Waals surface area contributed by atoms with Crippen LogP contribution in [-0.2, 0) is 6.54 Å². The summed E-state index contributed by atoms with van der Waals surface area (Å²) in [7, 11) is 1.70. The summed E-state index contributed by atoms with van der Waals surface area (Å²) in [4.78, 5) is 3.59. The van der Waals surface area contributed by atoms with Crippen LogP contribution in [0.5, 0.6) is 5.75 Å². The average molecular weight is 435 g/mol. The maximum absolute atomic E-state index is 5.32. The van der Waals surface area contributed by atoms with E-state index in [9.17, 15) is 0 Å². The van der Waals surface area contributed by atoms with Crippen LogP contribution in [0.25, 0.3) is 28.1 Å². The Kier molecular flexibility index (Phi) is 7.22. The number of nitrogens with one attached hydrogen (secondary N) is 1. The highest BCUT2D eigenvalue weighted by Crippen LogP contribution is 2.24. The third kappa shape index (κ3) is 4.69. The standard InChI is InChI=1S/C22H26N4O.2ClH/c1-22(2,3)23-13-14-25-20(16-9-11-17(27-4)12-10-16)15-26-19-8-6-5-7-18(19)24-21(25)26;;/h5-12,15,23H,13-14H2,1-4H3;2*1H. The van der Waals surface area contributed by atoms with E-state index in [4.69, 9.17) is 4.74 Å². The third-order valence-corrected chi connectivity index (χ3v) is 4.93. The molecule has 0 aliphatic carbocycles. The molecule has 0 saturated heterocycles. The molecule has 3 N–H and O–H groups in total. The van der Waals surface area contributed by atoms with E-state index in [1.807, 2.05) is 12.1 Å². The van der Waals surface area contributed by atoms with Gasteiger partial charge in [-0.05, 0) is 57.2 Å². The molecule has 0 unspecified atom stereocenters. The Morgan fingerprint density at radius 3 is 2.38 bits per heavy atom. The van der Waals surface area contributed by atoms with Gasteiger partial charge in [0.05, 0.1) is 12.6 Å². The second-order valence-corrected chi connectivity index (χ2v) is 8.09. The zero-order chi connectivity index (χ0) is 19.0. The van der Waals surface area contributed by atoms with Gasteiger partial charge in [0.25, 0.3) is 0 Å². The molecule has 5 nitrogen and oxygen atoms in total. The van der Waals surface area contributed by atoms with Crippen molar-refractivity contribution in [2.45, 2.75) is 32.9 Å². The second-order valence-electron chi connectivity index (χ2n) is 8.09. The minimum absolute atomic E-state index is 0. The number of hydrogen-bond donors (Lipinski definition) is 2. The Morgan fingerprint density at radius 1 is 1.03 bits per heavy atom. The maximum atomic E-state index is 5.32. The fourth-order valence-electron chi connectivity index (χ4n) is 3.56. The summed E-state index contributed by atoms with van der Waals surface area (Å²) in [5, 5.41) is 2.39. The lowest BCUT2D eigenvalue weighted by atomic mass is 10.1. The monoisotopic (exact) mass is 434 g/mol. The largest absolute Gasteiger partial charge is 1.00 e. The number of ether oxygens (including phenoxy) is 1. The minimum atomic E-state index is 0. The number of quaternary nitrogens is 1. The molecule has 2 heterocycles. The predicted molar refractivity (Wildman–Crippen MR) is 108 cm³/mol. The molecule has 7 heteroatoms. The first-order valence-corrected chi connectivity index (χ1v) is 9.47. The van der Waals surface area contributed by atoms with Crippen molar-refractivity contribution in [2.24, 2.45) is 0 Å². The summed E-state index contributed by atoms with van der Waals surface area (Å²) in [5.74, 6) is 1.99. The number of aromatic nitrogens is 3. The Morgan fingerprint density at radius 2 is 1.72 bits per heavy atom. The summed E-state index contributed by atoms with van der Waals surface area (Å²) in [6.07, 6.45) is 2.23. The van der Waals surface area contributed by atoms with Crippen molar-refractivity contribution in [3.8, 4) is 17.0 Å². The SMILES string of the molecule is COc1ccc(-c2c[n+]3c4ccccc4[nH]c3n2CC[NH2+]C(C)(C)C)cc1.[Cl-].[Cl-]. The number of benzene rings is 2. The summed E-state index contributed by atoms with van der Waals surface area (Å²) in [5.41, 5.74) is 4.97. The summed E-state index contributed by atoms with van der Waals surface area (Å²) < 4.78 is 9.95. The second kappa shape index (κ2) is 9.08. The third-order valence-electron chi connectivity index (χ3n) is 4.93. The molecule has 0 saturated carbocycles. The van der Waals surface area contributed by atoms with Crippen molar-refractivity contribution in [1.29, 1.82) is 0 Å². The van der Waals surface area contributed by atoms with Crippen molar-refractivity contribution < 1.29 is 39.3 Å². The van der Waals surface area contributed by atoms with Crippen LogP contribution in [0, 0.1) is 0 Å². The van der Waals surface area contributed by atoms with E-state index < -0.39 is 0 Å². The molecule has 4 aromatic rings. The highest BCUT2D eigenvalue weighted by molar-refractivity contribution is 5.74. The molecule has 0 fully saturated rings. The van der Waals surface area contributed by atoms with Crippen molar-refractivity contribution in [2.75, 3.05) is 13.7 Å². The zero-order valence-electron chi connectivity index (χ0n) is 17.2. The fourth-order valence-corrected chi connectivity index (χ4v) is 3.56. The first kappa shape index (κ1) is 23.1. The number of aromatic amines is 1. The van der Waals surface area contributed by atoms with Crippen LogP contribution < -0.4 is 39.3 Å². The first-order valence-electron chi connectivity index (χ1n) is 9.47. The normalized spacial score (nSPS) is 11.3. The van der Waals surface area contributed by atoms with E-state index in [1.54, 1.807) is 7.11 Å². The number of fused-ring (bicyclic) bond motifs is 3. The number of H-pyrrole nitrogens is 1. The van der Waals surface area contributed by atoms with Crippen LogP contribution in [0.2, 0.25) is 0 Å². The molecule has 4 rings (SSSR count). The molecule has 156 valence electrons. The van der Waals surface area contributed by atoms with Crippen molar-refractivity contribution in [1.82, 2.24) is 9.55 Å². The van der Waals surface area contributed by atoms with Gasteiger partial charge in [-0.25, -0.2) is 9.55 Å². The quantitative estimate of drug-likeness (QED) is 0.318. The highest BCUT2D eigenvalue weighted by atomic mass is 35.5. The van der Waals surface area contributed by atoms with Gasteiger partial charge < -0.3 is 34.9 Å². The van der Waals surface area contributed by atoms with Crippen LogP contribution in [0.15, 0.2) is 54.7 Å². The van der Waals surface area contributed by atoms with Gasteiger partial charge in [0.1, 0.15) is 41.8 Å². The average Bonchev–Trinajstić information content (AvgIpc) is 3.18. The molecule has 0 radical (unpaired) electrons. The number of hydrogen-bond acceptors (Lipinski definition) is 1.